The average molecular weight is 384 g/mol. The maximum absolute atomic E-state index is 11.1. The molecule has 3 rings (SSSR count). The van der Waals surface area contributed by atoms with Gasteiger partial charge in [-0.05, 0) is 62.0 Å². The van der Waals surface area contributed by atoms with Crippen molar-refractivity contribution < 1.29 is 4.79 Å². The quantitative estimate of drug-likeness (QED) is 0.462. The largest absolute Gasteiger partial charge is 0.399 e. The highest BCUT2D eigenvalue weighted by Gasteiger charge is 2.04. The summed E-state index contributed by atoms with van der Waals surface area (Å²) in [4.78, 5) is 11.1. The van der Waals surface area contributed by atoms with E-state index < -0.39 is 0 Å². The topological polar surface area (TPSA) is 88.7 Å². The lowest BCUT2D eigenvalue weighted by Gasteiger charge is -2.07. The minimum atomic E-state index is 0.0620. The fraction of sp³-hybridized carbons (Fsp3) is 0.250. The molecule has 3 aromatic rings. The number of aromatic nitrogens is 3. The van der Waals surface area contributed by atoms with E-state index in [2.05, 4.69) is 21.6 Å². The second-order valence-corrected chi connectivity index (χ2v) is 6.64. The molecular weight excluding hydrogens is 358 g/mol. The predicted molar refractivity (Wildman–Crippen MR) is 113 cm³/mol. The Morgan fingerprint density at radius 1 is 1.22 bits per heavy atom. The van der Waals surface area contributed by atoms with Gasteiger partial charge in [-0.15, -0.1) is 0 Å². The molecule has 1 amide bonds. The minimum Gasteiger partial charge on any atom is -0.399 e. The molecule has 0 radical (unpaired) electrons. The summed E-state index contributed by atoms with van der Waals surface area (Å²) in [7, 11) is 1.87. The van der Waals surface area contributed by atoms with E-state index in [-0.39, 0.29) is 5.91 Å². The predicted octanol–water partition coefficient (Wildman–Crippen LogP) is 4.38. The molecule has 0 atom stereocenters. The number of amides is 1. The van der Waals surface area contributed by atoms with E-state index in [1.165, 1.54) is 5.56 Å². The second kappa shape index (κ2) is 9.14. The Hall–Kier alpha value is -2.93. The fourth-order valence-electron chi connectivity index (χ4n) is 2.43. The van der Waals surface area contributed by atoms with Gasteiger partial charge in [0.2, 0.25) is 5.91 Å². The van der Waals surface area contributed by atoms with Crippen molar-refractivity contribution in [2.45, 2.75) is 27.2 Å². The molecule has 1 heterocycles. The summed E-state index contributed by atoms with van der Waals surface area (Å²) in [5.41, 5.74) is 10.6. The Morgan fingerprint density at radius 3 is 2.41 bits per heavy atom. The van der Waals surface area contributed by atoms with E-state index in [9.17, 15) is 4.79 Å². The van der Waals surface area contributed by atoms with Crippen LogP contribution in [0.1, 0.15) is 24.5 Å². The van der Waals surface area contributed by atoms with Crippen LogP contribution in [-0.2, 0) is 11.8 Å². The molecule has 2 aromatic carbocycles. The normalized spacial score (nSPS) is 10.1. The molecule has 0 fully saturated rings. The Bertz CT molecular complexity index is 973. The Balaban J connectivity index is 0.000000194. The smallest absolute Gasteiger partial charge is 0.224 e. The van der Waals surface area contributed by atoms with E-state index in [0.29, 0.717) is 11.2 Å². The first-order chi connectivity index (χ1) is 12.8. The molecule has 7 heteroatoms. The maximum atomic E-state index is 11.1. The van der Waals surface area contributed by atoms with Crippen LogP contribution in [0.5, 0.6) is 0 Å². The van der Waals surface area contributed by atoms with Crippen molar-refractivity contribution in [2.75, 3.05) is 11.1 Å². The van der Waals surface area contributed by atoms with Gasteiger partial charge in [0.15, 0.2) is 10.6 Å². The number of nitrogens with two attached hydrogens (primary N) is 1. The Labute approximate surface area is 164 Å². The third kappa shape index (κ3) is 5.52. The van der Waals surface area contributed by atoms with Crippen molar-refractivity contribution in [1.29, 1.82) is 0 Å². The summed E-state index contributed by atoms with van der Waals surface area (Å²) in [6.07, 6.45) is 0.521. The number of hydrogen-bond acceptors (Lipinski definition) is 4. The lowest BCUT2D eigenvalue weighted by atomic mass is 10.1. The first kappa shape index (κ1) is 20.4. The summed E-state index contributed by atoms with van der Waals surface area (Å²) in [5, 5.41) is 9.70. The lowest BCUT2D eigenvalue weighted by molar-refractivity contribution is -0.115. The van der Waals surface area contributed by atoms with E-state index >= 15 is 0 Å². The highest BCUT2D eigenvalue weighted by Crippen LogP contribution is 2.17. The summed E-state index contributed by atoms with van der Waals surface area (Å²) in [6, 6.07) is 13.5. The molecule has 0 aliphatic heterocycles. The van der Waals surface area contributed by atoms with Gasteiger partial charge in [-0.2, -0.15) is 5.10 Å². The van der Waals surface area contributed by atoms with Gasteiger partial charge in [0, 0.05) is 30.4 Å². The number of anilines is 2. The van der Waals surface area contributed by atoms with Crippen molar-refractivity contribution in [3.05, 3.63) is 58.4 Å². The van der Waals surface area contributed by atoms with Crippen LogP contribution in [0.4, 0.5) is 11.4 Å². The van der Waals surface area contributed by atoms with Gasteiger partial charge in [-0.1, -0.05) is 24.6 Å². The lowest BCUT2D eigenvalue weighted by Crippen LogP contribution is -2.10. The molecule has 0 spiro atoms. The van der Waals surface area contributed by atoms with Crippen molar-refractivity contribution in [1.82, 2.24) is 14.8 Å². The van der Waals surface area contributed by atoms with Gasteiger partial charge in [0.25, 0.3) is 0 Å². The highest BCUT2D eigenvalue weighted by atomic mass is 32.1. The van der Waals surface area contributed by atoms with Crippen molar-refractivity contribution >= 4 is 29.5 Å². The highest BCUT2D eigenvalue weighted by molar-refractivity contribution is 7.71. The van der Waals surface area contributed by atoms with Crippen LogP contribution >= 0.6 is 12.2 Å². The SMILES string of the molecule is CCC(=O)Nc1ccc(C)cc1C.Cn1c(-c2ccc(N)cc2)n[nH]c1=S. The third-order valence-electron chi connectivity index (χ3n) is 4.03. The average Bonchev–Trinajstić information content (AvgIpc) is 2.98. The molecule has 27 heavy (non-hydrogen) atoms. The van der Waals surface area contributed by atoms with Crippen LogP contribution in [0.3, 0.4) is 0 Å². The van der Waals surface area contributed by atoms with Gasteiger partial charge in [0.05, 0.1) is 0 Å². The fourth-order valence-corrected chi connectivity index (χ4v) is 2.56. The summed E-state index contributed by atoms with van der Waals surface area (Å²) in [5.74, 6) is 0.877. The minimum absolute atomic E-state index is 0.0620. The molecule has 0 aliphatic rings. The van der Waals surface area contributed by atoms with Gasteiger partial charge in [0.1, 0.15) is 0 Å². The number of nitrogens with zero attached hydrogens (tertiary/aromatic N) is 2. The standard InChI is InChI=1S/C11H15NO.C9H10N4S/c1-4-11(13)12-10-6-5-8(2)7-9(10)3;1-13-8(11-12-9(13)14)6-2-4-7(10)5-3-6/h5-7H,4H2,1-3H3,(H,12,13);2-5H,10H2,1H3,(H,12,14). The van der Waals surface area contributed by atoms with Crippen molar-refractivity contribution in [3.8, 4) is 11.4 Å². The summed E-state index contributed by atoms with van der Waals surface area (Å²) in [6.45, 7) is 5.88. The van der Waals surface area contributed by atoms with E-state index in [0.717, 1.165) is 28.3 Å². The number of aromatic amines is 1. The van der Waals surface area contributed by atoms with Crippen LogP contribution < -0.4 is 11.1 Å². The first-order valence-electron chi connectivity index (χ1n) is 8.66. The van der Waals surface area contributed by atoms with Crippen LogP contribution in [0.25, 0.3) is 11.4 Å². The van der Waals surface area contributed by atoms with Crippen LogP contribution in [-0.4, -0.2) is 20.7 Å². The number of hydrogen-bond donors (Lipinski definition) is 3. The number of H-pyrrole nitrogens is 1. The Morgan fingerprint density at radius 2 is 1.89 bits per heavy atom. The molecule has 4 N–H and O–H groups in total. The molecule has 0 aliphatic carbocycles. The number of carbonyl (C=O) groups excluding carboxylic acids is 1. The summed E-state index contributed by atoms with van der Waals surface area (Å²) < 4.78 is 2.43. The van der Waals surface area contributed by atoms with Gasteiger partial charge >= 0.3 is 0 Å². The third-order valence-corrected chi connectivity index (χ3v) is 4.39. The molecule has 142 valence electrons. The maximum Gasteiger partial charge on any atom is 0.224 e. The molecule has 0 saturated carbocycles. The molecule has 1 aromatic heterocycles. The molecule has 0 bridgehead atoms. The van der Waals surface area contributed by atoms with E-state index in [1.807, 2.05) is 68.8 Å². The van der Waals surface area contributed by atoms with Gasteiger partial charge < -0.3 is 15.6 Å². The zero-order valence-corrected chi connectivity index (χ0v) is 16.9. The molecule has 0 unspecified atom stereocenters. The van der Waals surface area contributed by atoms with E-state index in [1.54, 1.807) is 0 Å². The molecular formula is C20H25N5OS. The number of benzene rings is 2. The monoisotopic (exact) mass is 383 g/mol. The zero-order valence-electron chi connectivity index (χ0n) is 16.0. The zero-order chi connectivity index (χ0) is 20.0. The molecule has 0 saturated heterocycles. The van der Waals surface area contributed by atoms with E-state index in [4.69, 9.17) is 18.0 Å². The van der Waals surface area contributed by atoms with Crippen LogP contribution in [0, 0.1) is 18.6 Å². The number of rotatable bonds is 3. The summed E-state index contributed by atoms with van der Waals surface area (Å²) >= 11 is 5.02. The van der Waals surface area contributed by atoms with Crippen molar-refractivity contribution in [2.24, 2.45) is 7.05 Å². The number of aryl methyl sites for hydroxylation is 2. The van der Waals surface area contributed by atoms with Crippen LogP contribution in [0.15, 0.2) is 42.5 Å². The number of carbonyl (C=O) groups is 1. The van der Waals surface area contributed by atoms with Gasteiger partial charge in [-0.25, -0.2) is 0 Å². The van der Waals surface area contributed by atoms with Crippen molar-refractivity contribution in [3.63, 3.8) is 0 Å². The Kier molecular flexibility index (Phi) is 6.90. The molecule has 6 nitrogen and oxygen atoms in total. The van der Waals surface area contributed by atoms with Gasteiger partial charge in [-0.3, -0.25) is 9.89 Å². The van der Waals surface area contributed by atoms with Crippen LogP contribution in [0.2, 0.25) is 0 Å². The number of nitrogens with one attached hydrogen (secondary N) is 2. The second-order valence-electron chi connectivity index (χ2n) is 6.25. The first-order valence-corrected chi connectivity index (χ1v) is 9.07. The number of nitrogen functional groups attached to an aromatic ring is 1.